The number of halogens is 3. The quantitative estimate of drug-likeness (QED) is 0.700. The molecule has 1 aromatic rings. The van der Waals surface area contributed by atoms with Gasteiger partial charge < -0.3 is 9.84 Å². The molecule has 0 saturated heterocycles. The summed E-state index contributed by atoms with van der Waals surface area (Å²) >= 11 is 0. The van der Waals surface area contributed by atoms with Gasteiger partial charge in [-0.15, -0.1) is 0 Å². The average molecular weight is 395 g/mol. The van der Waals surface area contributed by atoms with E-state index in [0.717, 1.165) is 25.0 Å². The van der Waals surface area contributed by atoms with Gasteiger partial charge >= 0.3 is 6.09 Å². The van der Waals surface area contributed by atoms with E-state index in [9.17, 15) is 23.1 Å². The number of rotatable bonds is 4. The van der Waals surface area contributed by atoms with Crippen LogP contribution in [0.1, 0.15) is 51.7 Å². The fourth-order valence-electron chi connectivity index (χ4n) is 2.41. The number of carbonyl (C=O) groups excluding carboxylic acids is 1. The molecule has 1 fully saturated rings. The molecule has 28 heavy (non-hydrogen) atoms. The Labute approximate surface area is 162 Å². The Bertz CT molecular complexity index is 839. The lowest BCUT2D eigenvalue weighted by atomic mass is 9.86. The van der Waals surface area contributed by atoms with Crippen LogP contribution in [-0.2, 0) is 10.3 Å². The fourth-order valence-corrected chi connectivity index (χ4v) is 2.41. The molecule has 0 radical (unpaired) electrons. The van der Waals surface area contributed by atoms with E-state index in [1.807, 2.05) is 0 Å². The van der Waals surface area contributed by atoms with E-state index in [1.165, 1.54) is 6.08 Å². The molecule has 1 aromatic carbocycles. The molecule has 0 heterocycles. The Morgan fingerprint density at radius 1 is 1.32 bits per heavy atom. The molecule has 2 N–H and O–H groups in total. The lowest BCUT2D eigenvalue weighted by Crippen LogP contribution is -2.43. The summed E-state index contributed by atoms with van der Waals surface area (Å²) in [5.74, 6) is 0.125. The van der Waals surface area contributed by atoms with E-state index in [-0.39, 0.29) is 17.2 Å². The van der Waals surface area contributed by atoms with Gasteiger partial charge in [0.15, 0.2) is 0 Å². The summed E-state index contributed by atoms with van der Waals surface area (Å²) in [6.07, 6.45) is 1.74. The van der Waals surface area contributed by atoms with Crippen LogP contribution in [0.4, 0.5) is 23.7 Å². The normalized spacial score (nSPS) is 16.4. The van der Waals surface area contributed by atoms with Gasteiger partial charge in [0.25, 0.3) is 5.92 Å². The van der Waals surface area contributed by atoms with Gasteiger partial charge in [-0.25, -0.2) is 18.0 Å². The van der Waals surface area contributed by atoms with Crippen molar-refractivity contribution in [3.8, 4) is 11.8 Å². The molecular weight excluding hydrogens is 371 g/mol. The van der Waals surface area contributed by atoms with E-state index in [4.69, 9.17) is 4.74 Å². The summed E-state index contributed by atoms with van der Waals surface area (Å²) in [7, 11) is 0. The standard InChI is InChI=1S/C21H24F3NO3/c1-6-14-11-17(25-18(26)28-19(2,3)4)15(12-16(14)22)21(27,20(5,23)24)10-9-13-7-8-13/h6,11-13,27H,1,7-8H2,2-5H3,(H,25,26). The molecule has 1 aliphatic rings. The van der Waals surface area contributed by atoms with Gasteiger partial charge in [0.1, 0.15) is 11.4 Å². The summed E-state index contributed by atoms with van der Waals surface area (Å²) in [4.78, 5) is 12.2. The lowest BCUT2D eigenvalue weighted by Gasteiger charge is -2.31. The second kappa shape index (κ2) is 7.51. The van der Waals surface area contributed by atoms with Gasteiger partial charge in [-0.2, -0.15) is 0 Å². The molecule has 0 aromatic heterocycles. The molecule has 152 valence electrons. The molecule has 7 heteroatoms. The van der Waals surface area contributed by atoms with Gasteiger partial charge in [-0.05, 0) is 45.7 Å². The molecule has 1 saturated carbocycles. The van der Waals surface area contributed by atoms with Crippen LogP contribution in [0.25, 0.3) is 6.08 Å². The monoisotopic (exact) mass is 395 g/mol. The third-order valence-corrected chi connectivity index (χ3v) is 4.05. The highest BCUT2D eigenvalue weighted by Gasteiger charge is 2.51. The highest BCUT2D eigenvalue weighted by atomic mass is 19.3. The zero-order valence-electron chi connectivity index (χ0n) is 16.3. The van der Waals surface area contributed by atoms with E-state index >= 15 is 0 Å². The maximum Gasteiger partial charge on any atom is 0.412 e. The van der Waals surface area contributed by atoms with Gasteiger partial charge in [-0.3, -0.25) is 5.32 Å². The number of amides is 1. The number of carbonyl (C=O) groups is 1. The maximum atomic E-state index is 14.4. The fraction of sp³-hybridized carbons (Fsp3) is 0.476. The van der Waals surface area contributed by atoms with E-state index in [2.05, 4.69) is 23.7 Å². The smallest absolute Gasteiger partial charge is 0.412 e. The molecule has 1 atom stereocenters. The Kier molecular flexibility index (Phi) is 5.86. The van der Waals surface area contributed by atoms with E-state index in [0.29, 0.717) is 6.92 Å². The van der Waals surface area contributed by atoms with Gasteiger partial charge in [0.2, 0.25) is 5.60 Å². The number of hydrogen-bond donors (Lipinski definition) is 2. The van der Waals surface area contributed by atoms with Crippen molar-refractivity contribution in [2.75, 3.05) is 5.32 Å². The lowest BCUT2D eigenvalue weighted by molar-refractivity contribution is -0.140. The summed E-state index contributed by atoms with van der Waals surface area (Å²) in [5, 5.41) is 13.1. The van der Waals surface area contributed by atoms with Crippen molar-refractivity contribution >= 4 is 17.9 Å². The number of nitrogens with one attached hydrogen (secondary N) is 1. The topological polar surface area (TPSA) is 58.6 Å². The Morgan fingerprint density at radius 2 is 1.93 bits per heavy atom. The molecule has 0 bridgehead atoms. The van der Waals surface area contributed by atoms with E-state index in [1.54, 1.807) is 20.8 Å². The Balaban J connectivity index is 2.59. The van der Waals surface area contributed by atoms with Crippen molar-refractivity contribution in [2.45, 2.75) is 57.7 Å². The van der Waals surface area contributed by atoms with E-state index < -0.39 is 34.6 Å². The summed E-state index contributed by atoms with van der Waals surface area (Å²) in [6.45, 7) is 8.84. The minimum absolute atomic E-state index is 0.0354. The van der Waals surface area contributed by atoms with Crippen molar-refractivity contribution in [3.05, 3.63) is 35.7 Å². The molecule has 4 nitrogen and oxygen atoms in total. The van der Waals surface area contributed by atoms with Gasteiger partial charge in [0, 0.05) is 24.0 Å². The third kappa shape index (κ3) is 5.08. The second-order valence-corrected chi connectivity index (χ2v) is 7.89. The van der Waals surface area contributed by atoms with Crippen LogP contribution in [0.15, 0.2) is 18.7 Å². The van der Waals surface area contributed by atoms with Crippen LogP contribution in [-0.4, -0.2) is 22.7 Å². The summed E-state index contributed by atoms with van der Waals surface area (Å²) in [6, 6.07) is 1.85. The first-order valence-electron chi connectivity index (χ1n) is 8.86. The van der Waals surface area contributed by atoms with Crippen molar-refractivity contribution in [3.63, 3.8) is 0 Å². The van der Waals surface area contributed by atoms with Crippen LogP contribution < -0.4 is 5.32 Å². The minimum atomic E-state index is -3.73. The highest BCUT2D eigenvalue weighted by Crippen LogP contribution is 2.42. The Hall–Kier alpha value is -2.46. The molecule has 2 rings (SSSR count). The maximum absolute atomic E-state index is 14.4. The van der Waals surface area contributed by atoms with Crippen molar-refractivity contribution in [1.82, 2.24) is 0 Å². The predicted octanol–water partition coefficient (Wildman–Crippen LogP) is 5.07. The zero-order chi connectivity index (χ0) is 21.3. The minimum Gasteiger partial charge on any atom is -0.444 e. The van der Waals surface area contributed by atoms with Crippen molar-refractivity contribution in [2.24, 2.45) is 5.92 Å². The zero-order valence-corrected chi connectivity index (χ0v) is 16.3. The molecule has 1 unspecified atom stereocenters. The number of benzene rings is 1. The first-order chi connectivity index (χ1) is 12.8. The third-order valence-electron chi connectivity index (χ3n) is 4.05. The van der Waals surface area contributed by atoms with Gasteiger partial charge in [-0.1, -0.05) is 24.5 Å². The number of anilines is 1. The molecule has 1 amide bonds. The number of alkyl halides is 2. The number of hydrogen-bond acceptors (Lipinski definition) is 3. The summed E-state index contributed by atoms with van der Waals surface area (Å²) in [5.41, 5.74) is -4.67. The molecule has 1 aliphatic carbocycles. The predicted molar refractivity (Wildman–Crippen MR) is 101 cm³/mol. The number of aliphatic hydroxyl groups is 1. The molecule has 0 aliphatic heterocycles. The SMILES string of the molecule is C=Cc1cc(NC(=O)OC(C)(C)C)c(C(O)(C#CC2CC2)C(C)(F)F)cc1F. The highest BCUT2D eigenvalue weighted by molar-refractivity contribution is 5.87. The van der Waals surface area contributed by atoms with Crippen LogP contribution in [0, 0.1) is 23.6 Å². The molecule has 0 spiro atoms. The van der Waals surface area contributed by atoms with Gasteiger partial charge in [0.05, 0.1) is 5.69 Å². The van der Waals surface area contributed by atoms with Crippen LogP contribution in [0.5, 0.6) is 0 Å². The van der Waals surface area contributed by atoms with Crippen molar-refractivity contribution in [1.29, 1.82) is 0 Å². The van der Waals surface area contributed by atoms with Crippen LogP contribution in [0.2, 0.25) is 0 Å². The second-order valence-electron chi connectivity index (χ2n) is 7.89. The average Bonchev–Trinajstić information content (AvgIpc) is 3.35. The largest absolute Gasteiger partial charge is 0.444 e. The number of ether oxygens (including phenoxy) is 1. The van der Waals surface area contributed by atoms with Crippen LogP contribution in [0.3, 0.4) is 0 Å². The first-order valence-corrected chi connectivity index (χ1v) is 8.86. The van der Waals surface area contributed by atoms with Crippen LogP contribution >= 0.6 is 0 Å². The molecular formula is C21H24F3NO3. The first kappa shape index (κ1) is 21.8. The van der Waals surface area contributed by atoms with Crippen molar-refractivity contribution < 1.29 is 27.8 Å². The summed E-state index contributed by atoms with van der Waals surface area (Å²) < 4.78 is 48.3. The Morgan fingerprint density at radius 3 is 2.39 bits per heavy atom.